The summed E-state index contributed by atoms with van der Waals surface area (Å²) in [7, 11) is 0. The summed E-state index contributed by atoms with van der Waals surface area (Å²) in [5.74, 6) is 1.72. The van der Waals surface area contributed by atoms with Crippen LogP contribution in [0, 0.1) is 0 Å². The number of hydrogen-bond acceptors (Lipinski definition) is 6. The molecule has 0 aromatic carbocycles. The van der Waals surface area contributed by atoms with E-state index in [0.29, 0.717) is 12.0 Å². The molecule has 22 heavy (non-hydrogen) atoms. The Bertz CT molecular complexity index is 610. The predicted molar refractivity (Wildman–Crippen MR) is 90.0 cm³/mol. The van der Waals surface area contributed by atoms with E-state index in [1.165, 1.54) is 0 Å². The molecule has 0 amide bonds. The van der Waals surface area contributed by atoms with Gasteiger partial charge in [-0.1, -0.05) is 6.92 Å². The number of aromatic nitrogens is 4. The van der Waals surface area contributed by atoms with E-state index in [-0.39, 0.29) is 0 Å². The number of hydrogen-bond donors (Lipinski definition) is 1. The molecular formula is C15H19BrN6. The normalized spacial score (nSPS) is 15.8. The molecule has 2 aromatic rings. The first kappa shape index (κ1) is 15.1. The van der Waals surface area contributed by atoms with E-state index in [2.05, 4.69) is 59.1 Å². The van der Waals surface area contributed by atoms with Crippen molar-refractivity contribution in [1.82, 2.24) is 19.9 Å². The molecule has 3 rings (SSSR count). The highest BCUT2D eigenvalue weighted by atomic mass is 79.9. The summed E-state index contributed by atoms with van der Waals surface area (Å²) in [5, 5.41) is 3.40. The highest BCUT2D eigenvalue weighted by Gasteiger charge is 2.20. The van der Waals surface area contributed by atoms with Gasteiger partial charge in [0.25, 0.3) is 0 Å². The van der Waals surface area contributed by atoms with Gasteiger partial charge in [0.1, 0.15) is 12.1 Å². The van der Waals surface area contributed by atoms with Crippen molar-refractivity contribution in [2.75, 3.05) is 23.3 Å². The van der Waals surface area contributed by atoms with Gasteiger partial charge in [0.05, 0.1) is 4.47 Å². The minimum Gasteiger partial charge on any atom is -0.356 e. The van der Waals surface area contributed by atoms with Gasteiger partial charge in [-0.25, -0.2) is 19.9 Å². The molecule has 1 N–H and O–H groups in total. The number of aryl methyl sites for hydroxylation is 1. The van der Waals surface area contributed by atoms with E-state index in [1.54, 1.807) is 18.7 Å². The molecule has 1 aliphatic heterocycles. The second-order valence-electron chi connectivity index (χ2n) is 5.35. The van der Waals surface area contributed by atoms with Crippen LogP contribution < -0.4 is 10.2 Å². The lowest BCUT2D eigenvalue weighted by atomic mass is 10.1. The summed E-state index contributed by atoms with van der Waals surface area (Å²) in [6.07, 6.45) is 8.22. The van der Waals surface area contributed by atoms with Crippen LogP contribution in [0.4, 0.5) is 11.8 Å². The molecule has 116 valence electrons. The number of nitrogens with one attached hydrogen (secondary N) is 1. The molecule has 1 saturated heterocycles. The first-order chi connectivity index (χ1) is 10.7. The lowest BCUT2D eigenvalue weighted by Gasteiger charge is -2.33. The van der Waals surface area contributed by atoms with Crippen molar-refractivity contribution in [2.45, 2.75) is 32.2 Å². The fourth-order valence-electron chi connectivity index (χ4n) is 2.57. The van der Waals surface area contributed by atoms with Crippen LogP contribution in [0.25, 0.3) is 0 Å². The summed E-state index contributed by atoms with van der Waals surface area (Å²) < 4.78 is 0.892. The van der Waals surface area contributed by atoms with Crippen molar-refractivity contribution >= 4 is 27.7 Å². The topological polar surface area (TPSA) is 66.8 Å². The second-order valence-corrected chi connectivity index (χ2v) is 6.27. The molecule has 0 spiro atoms. The Hall–Kier alpha value is -1.76. The van der Waals surface area contributed by atoms with E-state index in [4.69, 9.17) is 0 Å². The van der Waals surface area contributed by atoms with Crippen molar-refractivity contribution in [2.24, 2.45) is 0 Å². The van der Waals surface area contributed by atoms with Crippen LogP contribution in [0.5, 0.6) is 0 Å². The van der Waals surface area contributed by atoms with Crippen LogP contribution >= 0.6 is 15.9 Å². The fraction of sp³-hybridized carbons (Fsp3) is 0.467. The third-order valence-corrected chi connectivity index (χ3v) is 4.25. The quantitative estimate of drug-likeness (QED) is 0.901. The van der Waals surface area contributed by atoms with Crippen molar-refractivity contribution in [1.29, 1.82) is 0 Å². The van der Waals surface area contributed by atoms with Gasteiger partial charge in [0, 0.05) is 43.3 Å². The van der Waals surface area contributed by atoms with Crippen molar-refractivity contribution in [3.63, 3.8) is 0 Å². The van der Waals surface area contributed by atoms with E-state index in [0.717, 1.165) is 48.3 Å². The van der Waals surface area contributed by atoms with Crippen LogP contribution in [-0.4, -0.2) is 39.1 Å². The van der Waals surface area contributed by atoms with Crippen LogP contribution in [0.3, 0.4) is 0 Å². The Balaban J connectivity index is 1.56. The van der Waals surface area contributed by atoms with Gasteiger partial charge in [-0.3, -0.25) is 0 Å². The first-order valence-corrected chi connectivity index (χ1v) is 8.34. The highest BCUT2D eigenvalue weighted by Crippen LogP contribution is 2.20. The molecule has 2 aromatic heterocycles. The standard InChI is InChI=1S/C15H19BrN6/c1-2-12-7-14(20-10-19-12)22-5-3-13(4-6-22)21-15-17-8-11(16)9-18-15/h7-10,13H,2-6H2,1H3,(H,17,18,21). The number of rotatable bonds is 4. The minimum atomic E-state index is 0.407. The van der Waals surface area contributed by atoms with Gasteiger partial charge in [-0.05, 0) is 35.2 Å². The maximum absolute atomic E-state index is 4.39. The lowest BCUT2D eigenvalue weighted by Crippen LogP contribution is -2.39. The monoisotopic (exact) mass is 362 g/mol. The third-order valence-electron chi connectivity index (χ3n) is 3.84. The summed E-state index contributed by atoms with van der Waals surface area (Å²) >= 11 is 3.34. The summed E-state index contributed by atoms with van der Waals surface area (Å²) in [5.41, 5.74) is 1.09. The van der Waals surface area contributed by atoms with Gasteiger partial charge in [0.15, 0.2) is 0 Å². The van der Waals surface area contributed by atoms with E-state index < -0.39 is 0 Å². The number of anilines is 2. The Morgan fingerprint density at radius 1 is 1.18 bits per heavy atom. The van der Waals surface area contributed by atoms with E-state index in [1.807, 2.05) is 0 Å². The number of halogens is 1. The smallest absolute Gasteiger partial charge is 0.222 e. The van der Waals surface area contributed by atoms with Gasteiger partial charge in [-0.2, -0.15) is 0 Å². The molecule has 0 unspecified atom stereocenters. The Morgan fingerprint density at radius 3 is 2.59 bits per heavy atom. The molecule has 3 heterocycles. The zero-order valence-electron chi connectivity index (χ0n) is 12.5. The van der Waals surface area contributed by atoms with Gasteiger partial charge >= 0.3 is 0 Å². The Kier molecular flexibility index (Phi) is 4.82. The second kappa shape index (κ2) is 7.00. The van der Waals surface area contributed by atoms with Crippen LogP contribution in [0.15, 0.2) is 29.3 Å². The maximum atomic E-state index is 4.39. The molecule has 1 aliphatic rings. The third kappa shape index (κ3) is 3.71. The summed E-state index contributed by atoms with van der Waals surface area (Å²) in [6.45, 7) is 4.07. The van der Waals surface area contributed by atoms with Crippen molar-refractivity contribution in [3.8, 4) is 0 Å². The van der Waals surface area contributed by atoms with Gasteiger partial charge in [0.2, 0.25) is 5.95 Å². The molecule has 6 nitrogen and oxygen atoms in total. The van der Waals surface area contributed by atoms with E-state index >= 15 is 0 Å². The summed E-state index contributed by atoms with van der Waals surface area (Å²) in [6, 6.07) is 2.50. The SMILES string of the molecule is CCc1cc(N2CCC(Nc3ncc(Br)cn3)CC2)ncn1. The van der Waals surface area contributed by atoms with Crippen molar-refractivity contribution in [3.05, 3.63) is 35.0 Å². The van der Waals surface area contributed by atoms with Crippen LogP contribution in [-0.2, 0) is 6.42 Å². The van der Waals surface area contributed by atoms with Crippen LogP contribution in [0.1, 0.15) is 25.5 Å². The zero-order chi connectivity index (χ0) is 15.4. The molecule has 7 heteroatoms. The average Bonchev–Trinajstić information content (AvgIpc) is 2.58. The van der Waals surface area contributed by atoms with Gasteiger partial charge < -0.3 is 10.2 Å². The molecule has 1 fully saturated rings. The Morgan fingerprint density at radius 2 is 1.91 bits per heavy atom. The highest BCUT2D eigenvalue weighted by molar-refractivity contribution is 9.10. The Labute approximate surface area is 138 Å². The zero-order valence-corrected chi connectivity index (χ0v) is 14.1. The average molecular weight is 363 g/mol. The van der Waals surface area contributed by atoms with E-state index in [9.17, 15) is 0 Å². The lowest BCUT2D eigenvalue weighted by molar-refractivity contribution is 0.520. The van der Waals surface area contributed by atoms with Crippen molar-refractivity contribution < 1.29 is 0 Å². The first-order valence-electron chi connectivity index (χ1n) is 7.54. The van der Waals surface area contributed by atoms with Crippen LogP contribution in [0.2, 0.25) is 0 Å². The molecule has 0 saturated carbocycles. The molecule has 0 aliphatic carbocycles. The number of nitrogens with zero attached hydrogens (tertiary/aromatic N) is 5. The molecule has 0 atom stereocenters. The fourth-order valence-corrected chi connectivity index (χ4v) is 2.78. The number of piperidine rings is 1. The predicted octanol–water partition coefficient (Wildman–Crippen LogP) is 2.67. The molecular weight excluding hydrogens is 344 g/mol. The minimum absolute atomic E-state index is 0.407. The molecule has 0 bridgehead atoms. The largest absolute Gasteiger partial charge is 0.356 e. The maximum Gasteiger partial charge on any atom is 0.222 e. The van der Waals surface area contributed by atoms with Gasteiger partial charge in [-0.15, -0.1) is 0 Å². The molecule has 0 radical (unpaired) electrons. The summed E-state index contributed by atoms with van der Waals surface area (Å²) in [4.78, 5) is 19.5.